The van der Waals surface area contributed by atoms with Crippen LogP contribution in [0.25, 0.3) is 17.4 Å². The fourth-order valence-electron chi connectivity index (χ4n) is 3.16. The maximum atomic E-state index is 12.9. The van der Waals surface area contributed by atoms with Crippen LogP contribution in [0.2, 0.25) is 5.02 Å². The maximum Gasteiger partial charge on any atom is 0.280 e. The molecule has 0 unspecified atom stereocenters. The van der Waals surface area contributed by atoms with Crippen LogP contribution in [0.4, 0.5) is 11.4 Å². The molecule has 8 nitrogen and oxygen atoms in total. The molecule has 156 valence electrons. The summed E-state index contributed by atoms with van der Waals surface area (Å²) in [6.45, 7) is 1.74. The van der Waals surface area contributed by atoms with Gasteiger partial charge in [0.1, 0.15) is 17.3 Å². The Bertz CT molecular complexity index is 1240. The summed E-state index contributed by atoms with van der Waals surface area (Å²) < 4.78 is 11.1. The molecule has 9 heteroatoms. The lowest BCUT2D eigenvalue weighted by Gasteiger charge is -2.11. The summed E-state index contributed by atoms with van der Waals surface area (Å²) in [5, 5.41) is 17.2. The third-order valence-corrected chi connectivity index (χ3v) is 4.96. The van der Waals surface area contributed by atoms with Gasteiger partial charge in [0.2, 0.25) is 0 Å². The second-order valence-corrected chi connectivity index (χ2v) is 7.12. The van der Waals surface area contributed by atoms with Gasteiger partial charge in [0.25, 0.3) is 11.6 Å². The Hall–Kier alpha value is -3.91. The van der Waals surface area contributed by atoms with E-state index >= 15 is 0 Å². The maximum absolute atomic E-state index is 12.9. The van der Waals surface area contributed by atoms with Gasteiger partial charge in [0.05, 0.1) is 40.6 Å². The monoisotopic (exact) mass is 437 g/mol. The number of hydrogen-bond acceptors (Lipinski definition) is 6. The molecular formula is C22H16ClN3O5. The average Bonchev–Trinajstić information content (AvgIpc) is 3.34. The third-order valence-electron chi connectivity index (χ3n) is 4.71. The Morgan fingerprint density at radius 3 is 2.58 bits per heavy atom. The number of halogens is 1. The second-order valence-electron chi connectivity index (χ2n) is 6.68. The van der Waals surface area contributed by atoms with Crippen LogP contribution < -0.4 is 9.75 Å². The van der Waals surface area contributed by atoms with Gasteiger partial charge in [-0.25, -0.2) is 0 Å². The molecule has 0 fully saturated rings. The molecule has 0 N–H and O–H groups in total. The number of anilines is 1. The Morgan fingerprint density at radius 1 is 1.16 bits per heavy atom. The molecule has 1 aliphatic rings. The van der Waals surface area contributed by atoms with Gasteiger partial charge in [-0.2, -0.15) is 10.1 Å². The van der Waals surface area contributed by atoms with Crippen LogP contribution in [0.15, 0.2) is 69.7 Å². The van der Waals surface area contributed by atoms with Crippen LogP contribution in [0.1, 0.15) is 12.7 Å². The SMILES string of the molecule is COc1cc([N+](=O)[O-])ccc1-c1ccc(/C=C2\C(=O)N(c3ccc(Cl)cc3)N=C2C)o1. The van der Waals surface area contributed by atoms with E-state index < -0.39 is 4.92 Å². The Morgan fingerprint density at radius 2 is 1.90 bits per heavy atom. The summed E-state index contributed by atoms with van der Waals surface area (Å²) in [5.41, 5.74) is 2.02. The highest BCUT2D eigenvalue weighted by Crippen LogP contribution is 2.35. The fraction of sp³-hybridized carbons (Fsp3) is 0.0909. The minimum atomic E-state index is -0.495. The van der Waals surface area contributed by atoms with Crippen molar-refractivity contribution in [1.29, 1.82) is 0 Å². The van der Waals surface area contributed by atoms with Crippen molar-refractivity contribution in [2.45, 2.75) is 6.92 Å². The van der Waals surface area contributed by atoms with E-state index in [-0.39, 0.29) is 11.6 Å². The van der Waals surface area contributed by atoms with Crippen LogP contribution in [0.3, 0.4) is 0 Å². The number of furan rings is 1. The van der Waals surface area contributed by atoms with Gasteiger partial charge in [0, 0.05) is 11.1 Å². The molecule has 0 radical (unpaired) electrons. The van der Waals surface area contributed by atoms with Crippen molar-refractivity contribution in [1.82, 2.24) is 0 Å². The van der Waals surface area contributed by atoms with E-state index in [1.54, 1.807) is 55.5 Å². The number of nitro groups is 1. The van der Waals surface area contributed by atoms with Gasteiger partial charge >= 0.3 is 0 Å². The number of non-ortho nitro benzene ring substituents is 1. The zero-order chi connectivity index (χ0) is 22.1. The van der Waals surface area contributed by atoms with Gasteiger partial charge in [-0.15, -0.1) is 0 Å². The highest BCUT2D eigenvalue weighted by Gasteiger charge is 2.29. The first-order chi connectivity index (χ1) is 14.9. The van der Waals surface area contributed by atoms with Gasteiger partial charge in [-0.05, 0) is 55.5 Å². The van der Waals surface area contributed by atoms with Crippen LogP contribution in [0, 0.1) is 10.1 Å². The van der Waals surface area contributed by atoms with E-state index in [9.17, 15) is 14.9 Å². The molecule has 4 rings (SSSR count). The number of methoxy groups -OCH3 is 1. The number of benzene rings is 2. The van der Waals surface area contributed by atoms with Crippen LogP contribution in [-0.2, 0) is 4.79 Å². The summed E-state index contributed by atoms with van der Waals surface area (Å²) in [5.74, 6) is 0.913. The zero-order valence-electron chi connectivity index (χ0n) is 16.5. The minimum absolute atomic E-state index is 0.0832. The highest BCUT2D eigenvalue weighted by atomic mass is 35.5. The molecule has 0 aliphatic carbocycles. The van der Waals surface area contributed by atoms with Crippen LogP contribution in [-0.4, -0.2) is 23.7 Å². The molecule has 1 aromatic heterocycles. The predicted octanol–water partition coefficient (Wildman–Crippen LogP) is 5.32. The van der Waals surface area contributed by atoms with Crippen LogP contribution in [0.5, 0.6) is 5.75 Å². The number of ether oxygens (including phenoxy) is 1. The number of nitrogens with zero attached hydrogens (tertiary/aromatic N) is 3. The molecule has 0 atom stereocenters. The van der Waals surface area contributed by atoms with Crippen molar-refractivity contribution < 1.29 is 18.9 Å². The van der Waals surface area contributed by atoms with E-state index in [2.05, 4.69) is 5.10 Å². The molecule has 0 saturated carbocycles. The summed E-state index contributed by atoms with van der Waals surface area (Å²) in [6, 6.07) is 14.5. The van der Waals surface area contributed by atoms with Crippen molar-refractivity contribution in [2.75, 3.05) is 12.1 Å². The Balaban J connectivity index is 1.63. The first kappa shape index (κ1) is 20.4. The number of hydrogen-bond donors (Lipinski definition) is 0. The van der Waals surface area contributed by atoms with Gasteiger partial charge in [-0.1, -0.05) is 11.6 Å². The first-order valence-corrected chi connectivity index (χ1v) is 9.55. The third kappa shape index (κ3) is 3.93. The molecular weight excluding hydrogens is 422 g/mol. The quantitative estimate of drug-likeness (QED) is 0.305. The number of nitro benzene ring substituents is 1. The van der Waals surface area contributed by atoms with E-state index in [1.165, 1.54) is 24.3 Å². The summed E-state index contributed by atoms with van der Waals surface area (Å²) in [7, 11) is 1.43. The van der Waals surface area contributed by atoms with Crippen molar-refractivity contribution in [2.24, 2.45) is 5.10 Å². The van der Waals surface area contributed by atoms with Crippen molar-refractivity contribution in [3.05, 3.63) is 81.1 Å². The normalized spacial score (nSPS) is 14.8. The lowest BCUT2D eigenvalue weighted by atomic mass is 10.1. The molecule has 0 saturated heterocycles. The molecule has 1 amide bonds. The molecule has 1 aliphatic heterocycles. The predicted molar refractivity (Wildman–Crippen MR) is 117 cm³/mol. The highest BCUT2D eigenvalue weighted by molar-refractivity contribution is 6.32. The lowest BCUT2D eigenvalue weighted by molar-refractivity contribution is -0.384. The summed E-state index contributed by atoms with van der Waals surface area (Å²) in [6.07, 6.45) is 1.61. The smallest absolute Gasteiger partial charge is 0.280 e. The Labute approximate surface area is 182 Å². The number of amides is 1. The van der Waals surface area contributed by atoms with E-state index in [0.717, 1.165) is 0 Å². The number of carbonyl (C=O) groups excluding carboxylic acids is 1. The van der Waals surface area contributed by atoms with Gasteiger partial charge in [-0.3, -0.25) is 14.9 Å². The molecule has 2 aromatic carbocycles. The number of rotatable bonds is 5. The Kier molecular flexibility index (Phi) is 5.31. The topological polar surface area (TPSA) is 98.2 Å². The fourth-order valence-corrected chi connectivity index (χ4v) is 3.28. The largest absolute Gasteiger partial charge is 0.496 e. The molecule has 3 aromatic rings. The molecule has 0 spiro atoms. The first-order valence-electron chi connectivity index (χ1n) is 9.17. The minimum Gasteiger partial charge on any atom is -0.496 e. The molecule has 0 bridgehead atoms. The average molecular weight is 438 g/mol. The second kappa shape index (κ2) is 8.08. The van der Waals surface area contributed by atoms with E-state index in [1.807, 2.05) is 0 Å². The summed E-state index contributed by atoms with van der Waals surface area (Å²) in [4.78, 5) is 23.4. The molecule has 2 heterocycles. The molecule has 31 heavy (non-hydrogen) atoms. The van der Waals surface area contributed by atoms with Crippen molar-refractivity contribution >= 4 is 40.7 Å². The van der Waals surface area contributed by atoms with E-state index in [0.29, 0.717) is 44.8 Å². The van der Waals surface area contributed by atoms with Gasteiger partial charge in [0.15, 0.2) is 0 Å². The standard InChI is InChI=1S/C22H16ClN3O5/c1-13-19(22(27)25(24-13)15-5-3-14(23)4-6-15)12-17-8-10-20(31-17)18-9-7-16(26(28)29)11-21(18)30-2/h3-12H,1-2H3/b19-12-. The summed E-state index contributed by atoms with van der Waals surface area (Å²) >= 11 is 5.91. The van der Waals surface area contributed by atoms with Crippen LogP contribution >= 0.6 is 11.6 Å². The van der Waals surface area contributed by atoms with E-state index in [4.69, 9.17) is 20.8 Å². The zero-order valence-corrected chi connectivity index (χ0v) is 17.3. The lowest BCUT2D eigenvalue weighted by Crippen LogP contribution is -2.21. The van der Waals surface area contributed by atoms with Crippen molar-refractivity contribution in [3.63, 3.8) is 0 Å². The number of hydrazone groups is 1. The van der Waals surface area contributed by atoms with Crippen molar-refractivity contribution in [3.8, 4) is 17.1 Å². The van der Waals surface area contributed by atoms with Gasteiger partial charge < -0.3 is 9.15 Å². The number of carbonyl (C=O) groups is 1.